The number of nitrogens with zero attached hydrogens (tertiary/aromatic N) is 3. The third-order valence-electron chi connectivity index (χ3n) is 3.89. The topological polar surface area (TPSA) is 93.8 Å². The Morgan fingerprint density at radius 3 is 2.89 bits per heavy atom. The van der Waals surface area contributed by atoms with Crippen LogP contribution in [-0.2, 0) is 11.2 Å². The Balaban J connectivity index is 2.00. The van der Waals surface area contributed by atoms with Gasteiger partial charge in [-0.3, -0.25) is 4.79 Å². The van der Waals surface area contributed by atoms with Crippen LogP contribution in [0.1, 0.15) is 24.7 Å². The standard InChI is InChI=1S/C20H18BrN3O4/c1-2-4-18-23-17-8-7-14(21)10-16(17)20(27)24(18)22-11-13-5-3-6-15(9-13)28-12-19(25)26/h3,5-11H,2,4,12H2,1H3,(H,25,26). The van der Waals surface area contributed by atoms with Gasteiger partial charge in [0.1, 0.15) is 11.6 Å². The number of carboxylic acids is 1. The largest absolute Gasteiger partial charge is 0.482 e. The van der Waals surface area contributed by atoms with Gasteiger partial charge in [0.05, 0.1) is 17.1 Å². The molecule has 2 aromatic carbocycles. The smallest absolute Gasteiger partial charge is 0.341 e. The van der Waals surface area contributed by atoms with Crippen molar-refractivity contribution in [2.24, 2.45) is 5.10 Å². The number of hydrogen-bond acceptors (Lipinski definition) is 5. The predicted octanol–water partition coefficient (Wildman–Crippen LogP) is 3.46. The molecule has 1 aromatic heterocycles. The molecule has 0 atom stereocenters. The SMILES string of the molecule is CCCc1nc2ccc(Br)cc2c(=O)n1N=Cc1cccc(OCC(=O)O)c1. The van der Waals surface area contributed by atoms with Gasteiger partial charge in [0, 0.05) is 10.9 Å². The van der Waals surface area contributed by atoms with E-state index in [0.29, 0.717) is 34.5 Å². The molecule has 0 amide bonds. The maximum atomic E-state index is 12.9. The molecule has 8 heteroatoms. The summed E-state index contributed by atoms with van der Waals surface area (Å²) in [5.74, 6) is -0.0619. The Hall–Kier alpha value is -3.00. The van der Waals surface area contributed by atoms with Crippen molar-refractivity contribution in [1.82, 2.24) is 9.66 Å². The van der Waals surface area contributed by atoms with Gasteiger partial charge in [0.15, 0.2) is 6.61 Å². The number of halogens is 1. The molecular formula is C20H18BrN3O4. The molecule has 0 saturated heterocycles. The molecule has 0 aliphatic heterocycles. The highest BCUT2D eigenvalue weighted by Crippen LogP contribution is 2.17. The van der Waals surface area contributed by atoms with Gasteiger partial charge in [-0.25, -0.2) is 9.78 Å². The summed E-state index contributed by atoms with van der Waals surface area (Å²) in [5.41, 5.74) is 1.06. The summed E-state index contributed by atoms with van der Waals surface area (Å²) in [6, 6.07) is 12.2. The molecule has 3 aromatic rings. The van der Waals surface area contributed by atoms with Crippen molar-refractivity contribution in [1.29, 1.82) is 0 Å². The first kappa shape index (κ1) is 19.8. The molecule has 3 rings (SSSR count). The highest BCUT2D eigenvalue weighted by Gasteiger charge is 2.10. The first-order chi connectivity index (χ1) is 13.5. The number of carbonyl (C=O) groups is 1. The second-order valence-corrected chi connectivity index (χ2v) is 6.97. The van der Waals surface area contributed by atoms with Crippen molar-refractivity contribution in [2.45, 2.75) is 19.8 Å². The molecule has 1 N–H and O–H groups in total. The average molecular weight is 444 g/mol. The van der Waals surface area contributed by atoms with Gasteiger partial charge in [0.25, 0.3) is 5.56 Å². The molecule has 7 nitrogen and oxygen atoms in total. The minimum atomic E-state index is -1.05. The number of aryl methyl sites for hydroxylation is 1. The highest BCUT2D eigenvalue weighted by atomic mass is 79.9. The zero-order valence-electron chi connectivity index (χ0n) is 15.1. The number of carboxylic acid groups (broad SMARTS) is 1. The molecule has 0 unspecified atom stereocenters. The summed E-state index contributed by atoms with van der Waals surface area (Å²) in [7, 11) is 0. The fourth-order valence-corrected chi connectivity index (χ4v) is 3.01. The molecule has 144 valence electrons. The van der Waals surface area contributed by atoms with Crippen molar-refractivity contribution in [3.63, 3.8) is 0 Å². The fourth-order valence-electron chi connectivity index (χ4n) is 2.65. The Morgan fingerprint density at radius 1 is 1.32 bits per heavy atom. The van der Waals surface area contributed by atoms with E-state index in [2.05, 4.69) is 26.0 Å². The number of fused-ring (bicyclic) bond motifs is 1. The lowest BCUT2D eigenvalue weighted by atomic mass is 10.2. The van der Waals surface area contributed by atoms with Gasteiger partial charge < -0.3 is 9.84 Å². The van der Waals surface area contributed by atoms with Crippen molar-refractivity contribution >= 4 is 39.0 Å². The van der Waals surface area contributed by atoms with E-state index in [0.717, 1.165) is 10.9 Å². The van der Waals surface area contributed by atoms with Crippen LogP contribution in [0, 0.1) is 0 Å². The lowest BCUT2D eigenvalue weighted by molar-refractivity contribution is -0.139. The van der Waals surface area contributed by atoms with E-state index in [9.17, 15) is 9.59 Å². The maximum Gasteiger partial charge on any atom is 0.341 e. The third-order valence-corrected chi connectivity index (χ3v) is 4.38. The van der Waals surface area contributed by atoms with Gasteiger partial charge in [-0.1, -0.05) is 35.0 Å². The summed E-state index contributed by atoms with van der Waals surface area (Å²) < 4.78 is 7.27. The van der Waals surface area contributed by atoms with Crippen LogP contribution in [-0.4, -0.2) is 33.6 Å². The summed E-state index contributed by atoms with van der Waals surface area (Å²) >= 11 is 3.38. The third kappa shape index (κ3) is 4.64. The Kier molecular flexibility index (Phi) is 6.20. The molecule has 0 saturated carbocycles. The van der Waals surface area contributed by atoms with E-state index >= 15 is 0 Å². The first-order valence-corrected chi connectivity index (χ1v) is 9.47. The molecule has 0 bridgehead atoms. The lowest BCUT2D eigenvalue weighted by Gasteiger charge is -2.09. The van der Waals surface area contributed by atoms with E-state index in [1.165, 1.54) is 10.9 Å². The Bertz CT molecular complexity index is 1110. The van der Waals surface area contributed by atoms with Crippen LogP contribution in [0.5, 0.6) is 5.75 Å². The summed E-state index contributed by atoms with van der Waals surface area (Å²) in [5, 5.41) is 13.5. The van der Waals surface area contributed by atoms with Gasteiger partial charge in [-0.05, 0) is 42.3 Å². The average Bonchev–Trinajstić information content (AvgIpc) is 2.67. The Labute approximate surface area is 169 Å². The van der Waals surface area contributed by atoms with Crippen LogP contribution >= 0.6 is 15.9 Å². The van der Waals surface area contributed by atoms with Crippen LogP contribution in [0.2, 0.25) is 0 Å². The normalized spacial score (nSPS) is 11.2. The number of hydrogen-bond donors (Lipinski definition) is 1. The molecule has 28 heavy (non-hydrogen) atoms. The molecule has 0 aliphatic rings. The minimum absolute atomic E-state index is 0.246. The van der Waals surface area contributed by atoms with Crippen molar-refractivity contribution in [3.8, 4) is 5.75 Å². The first-order valence-electron chi connectivity index (χ1n) is 8.68. The van der Waals surface area contributed by atoms with Crippen LogP contribution in [0.15, 0.2) is 56.8 Å². The molecular weight excluding hydrogens is 426 g/mol. The summed E-state index contributed by atoms with van der Waals surface area (Å²) in [6.45, 7) is 1.58. The quantitative estimate of drug-likeness (QED) is 0.564. The zero-order valence-corrected chi connectivity index (χ0v) is 16.7. The van der Waals surface area contributed by atoms with Gasteiger partial charge >= 0.3 is 5.97 Å². The van der Waals surface area contributed by atoms with Crippen LogP contribution in [0.3, 0.4) is 0 Å². The van der Waals surface area contributed by atoms with Crippen LogP contribution in [0.4, 0.5) is 0 Å². The second-order valence-electron chi connectivity index (χ2n) is 6.06. The van der Waals surface area contributed by atoms with Crippen molar-refractivity contribution in [2.75, 3.05) is 6.61 Å². The number of rotatable bonds is 7. The zero-order chi connectivity index (χ0) is 20.1. The molecule has 0 aliphatic carbocycles. The van der Waals surface area contributed by atoms with E-state index in [1.807, 2.05) is 13.0 Å². The van der Waals surface area contributed by atoms with Crippen molar-refractivity contribution < 1.29 is 14.6 Å². The monoisotopic (exact) mass is 443 g/mol. The van der Waals surface area contributed by atoms with Crippen LogP contribution < -0.4 is 10.3 Å². The number of ether oxygens (including phenoxy) is 1. The second kappa shape index (κ2) is 8.79. The van der Waals surface area contributed by atoms with Crippen molar-refractivity contribution in [3.05, 3.63) is 68.7 Å². The highest BCUT2D eigenvalue weighted by molar-refractivity contribution is 9.10. The molecule has 1 heterocycles. The van der Waals surface area contributed by atoms with E-state index in [-0.39, 0.29) is 5.56 Å². The number of benzene rings is 2. The maximum absolute atomic E-state index is 12.9. The lowest BCUT2D eigenvalue weighted by Crippen LogP contribution is -2.22. The van der Waals surface area contributed by atoms with E-state index in [4.69, 9.17) is 9.84 Å². The Morgan fingerprint density at radius 2 is 2.14 bits per heavy atom. The predicted molar refractivity (Wildman–Crippen MR) is 110 cm³/mol. The number of aliphatic carboxylic acids is 1. The summed E-state index contributed by atoms with van der Waals surface area (Å²) in [6.07, 6.45) is 2.96. The molecule has 0 fully saturated rings. The van der Waals surface area contributed by atoms with E-state index in [1.54, 1.807) is 36.4 Å². The van der Waals surface area contributed by atoms with Gasteiger partial charge in [0.2, 0.25) is 0 Å². The number of aromatic nitrogens is 2. The van der Waals surface area contributed by atoms with Gasteiger partial charge in [-0.2, -0.15) is 9.78 Å². The summed E-state index contributed by atoms with van der Waals surface area (Å²) in [4.78, 5) is 28.2. The van der Waals surface area contributed by atoms with Gasteiger partial charge in [-0.15, -0.1) is 0 Å². The van der Waals surface area contributed by atoms with Crippen LogP contribution in [0.25, 0.3) is 10.9 Å². The minimum Gasteiger partial charge on any atom is -0.482 e. The fraction of sp³-hybridized carbons (Fsp3) is 0.200. The molecule has 0 radical (unpaired) electrons. The van der Waals surface area contributed by atoms with E-state index < -0.39 is 12.6 Å². The molecule has 0 spiro atoms.